The second-order valence-electron chi connectivity index (χ2n) is 9.20. The summed E-state index contributed by atoms with van der Waals surface area (Å²) in [5, 5.41) is 11.4. The number of ether oxygens (including phenoxy) is 3. The number of amides is 1. The van der Waals surface area contributed by atoms with Gasteiger partial charge in [0.1, 0.15) is 23.0 Å². The van der Waals surface area contributed by atoms with Crippen molar-refractivity contribution in [2.45, 2.75) is 39.5 Å². The first-order valence-electron chi connectivity index (χ1n) is 12.1. The van der Waals surface area contributed by atoms with Crippen LogP contribution in [-0.4, -0.2) is 42.0 Å². The maximum absolute atomic E-state index is 13.4. The van der Waals surface area contributed by atoms with E-state index in [4.69, 9.17) is 14.2 Å². The van der Waals surface area contributed by atoms with Gasteiger partial charge >= 0.3 is 0 Å². The van der Waals surface area contributed by atoms with Gasteiger partial charge in [-0.05, 0) is 79.9 Å². The molecule has 1 aliphatic rings. The van der Waals surface area contributed by atoms with Gasteiger partial charge in [0.25, 0.3) is 11.7 Å². The van der Waals surface area contributed by atoms with Crippen LogP contribution in [0.3, 0.4) is 0 Å². The molecular formula is C30H31NO6. The number of likely N-dealkylation sites (tertiary alicyclic amines) is 1. The molecule has 1 amide bonds. The molecule has 3 aromatic carbocycles. The molecule has 0 aromatic heterocycles. The lowest BCUT2D eigenvalue weighted by atomic mass is 9.94. The first kappa shape index (κ1) is 25.8. The van der Waals surface area contributed by atoms with Crippen molar-refractivity contribution in [1.82, 2.24) is 4.90 Å². The Bertz CT molecular complexity index is 1340. The molecule has 7 nitrogen and oxygen atoms in total. The number of aliphatic hydroxyl groups excluding tert-OH is 1. The quantitative estimate of drug-likeness (QED) is 0.252. The summed E-state index contributed by atoms with van der Waals surface area (Å²) in [6, 6.07) is 18.9. The predicted molar refractivity (Wildman–Crippen MR) is 141 cm³/mol. The fraction of sp³-hybridized carbons (Fsp3) is 0.267. The third-order valence-electron chi connectivity index (χ3n) is 6.26. The molecule has 0 bridgehead atoms. The van der Waals surface area contributed by atoms with Gasteiger partial charge in [0.2, 0.25) is 0 Å². The monoisotopic (exact) mass is 501 g/mol. The minimum atomic E-state index is -0.790. The number of aryl methyl sites for hydroxylation is 1. The topological polar surface area (TPSA) is 85.3 Å². The van der Waals surface area contributed by atoms with Gasteiger partial charge < -0.3 is 24.2 Å². The number of hydrogen-bond acceptors (Lipinski definition) is 6. The number of aliphatic hydroxyl groups is 1. The molecule has 1 fully saturated rings. The molecule has 4 rings (SSSR count). The van der Waals surface area contributed by atoms with Crippen LogP contribution in [0.1, 0.15) is 42.1 Å². The number of ketones is 1. The van der Waals surface area contributed by atoms with Crippen molar-refractivity contribution in [3.63, 3.8) is 0 Å². The number of hydrogen-bond donors (Lipinski definition) is 1. The highest BCUT2D eigenvalue weighted by atomic mass is 16.5. The molecule has 0 radical (unpaired) electrons. The van der Waals surface area contributed by atoms with E-state index >= 15 is 0 Å². The molecule has 1 heterocycles. The Kier molecular flexibility index (Phi) is 7.53. The van der Waals surface area contributed by atoms with Gasteiger partial charge in [-0.25, -0.2) is 0 Å². The Morgan fingerprint density at radius 3 is 2.30 bits per heavy atom. The van der Waals surface area contributed by atoms with Crippen molar-refractivity contribution in [1.29, 1.82) is 0 Å². The van der Waals surface area contributed by atoms with Crippen molar-refractivity contribution in [3.05, 3.63) is 94.6 Å². The third-order valence-corrected chi connectivity index (χ3v) is 6.26. The van der Waals surface area contributed by atoms with Crippen molar-refractivity contribution < 1.29 is 28.9 Å². The maximum atomic E-state index is 13.4. The van der Waals surface area contributed by atoms with Gasteiger partial charge in [-0.15, -0.1) is 0 Å². The Hall–Kier alpha value is -4.26. The molecule has 3 aromatic rings. The van der Waals surface area contributed by atoms with Crippen LogP contribution in [-0.2, 0) is 16.1 Å². The first-order valence-corrected chi connectivity index (χ1v) is 12.1. The van der Waals surface area contributed by atoms with Gasteiger partial charge in [0, 0.05) is 12.1 Å². The van der Waals surface area contributed by atoms with E-state index in [0.29, 0.717) is 28.4 Å². The minimum Gasteiger partial charge on any atom is -0.507 e. The normalized spacial score (nSPS) is 16.8. The Morgan fingerprint density at radius 1 is 0.946 bits per heavy atom. The van der Waals surface area contributed by atoms with Gasteiger partial charge in [0.15, 0.2) is 0 Å². The lowest BCUT2D eigenvalue weighted by molar-refractivity contribution is -0.140. The van der Waals surface area contributed by atoms with Crippen LogP contribution in [0.4, 0.5) is 0 Å². The lowest BCUT2D eigenvalue weighted by Gasteiger charge is -2.26. The molecule has 1 N–H and O–H groups in total. The van der Waals surface area contributed by atoms with Crippen LogP contribution in [0.15, 0.2) is 72.3 Å². The fourth-order valence-electron chi connectivity index (χ4n) is 4.54. The number of carbonyl (C=O) groups excluding carboxylic acids is 2. The Balaban J connectivity index is 1.83. The summed E-state index contributed by atoms with van der Waals surface area (Å²) in [4.78, 5) is 28.2. The summed E-state index contributed by atoms with van der Waals surface area (Å²) in [6.45, 7) is 5.89. The van der Waals surface area contributed by atoms with Crippen molar-refractivity contribution >= 4 is 17.4 Å². The molecule has 1 aliphatic heterocycles. The summed E-state index contributed by atoms with van der Waals surface area (Å²) in [5.41, 5.74) is 2.75. The number of Topliss-reactive ketones (excluding diaryl/α,β-unsaturated/α-hetero) is 1. The van der Waals surface area contributed by atoms with E-state index in [-0.39, 0.29) is 24.0 Å². The summed E-state index contributed by atoms with van der Waals surface area (Å²) in [5.74, 6) is 0.337. The van der Waals surface area contributed by atoms with Crippen molar-refractivity contribution in [2.75, 3.05) is 14.2 Å². The van der Waals surface area contributed by atoms with Crippen LogP contribution in [0.5, 0.6) is 17.2 Å². The third kappa shape index (κ3) is 5.31. The molecule has 0 spiro atoms. The molecule has 0 aliphatic carbocycles. The van der Waals surface area contributed by atoms with E-state index in [1.807, 2.05) is 57.2 Å². The van der Waals surface area contributed by atoms with Crippen molar-refractivity contribution in [2.24, 2.45) is 0 Å². The summed E-state index contributed by atoms with van der Waals surface area (Å²) >= 11 is 0. The first-order chi connectivity index (χ1) is 17.7. The molecule has 0 saturated carbocycles. The van der Waals surface area contributed by atoms with Gasteiger partial charge in [-0.2, -0.15) is 0 Å². The van der Waals surface area contributed by atoms with Crippen LogP contribution in [0.25, 0.3) is 5.76 Å². The molecule has 7 heteroatoms. The number of carbonyl (C=O) groups is 2. The largest absolute Gasteiger partial charge is 0.507 e. The zero-order valence-electron chi connectivity index (χ0n) is 21.6. The minimum absolute atomic E-state index is 0.00265. The second-order valence-corrected chi connectivity index (χ2v) is 9.20. The summed E-state index contributed by atoms with van der Waals surface area (Å²) in [6.07, 6.45) is 0.00265. The second kappa shape index (κ2) is 10.8. The maximum Gasteiger partial charge on any atom is 0.295 e. The molecule has 37 heavy (non-hydrogen) atoms. The van der Waals surface area contributed by atoms with E-state index in [2.05, 4.69) is 0 Å². The number of benzene rings is 3. The zero-order chi connectivity index (χ0) is 26.7. The summed E-state index contributed by atoms with van der Waals surface area (Å²) in [7, 11) is 3.14. The predicted octanol–water partition coefficient (Wildman–Crippen LogP) is 5.42. The van der Waals surface area contributed by atoms with E-state index in [9.17, 15) is 14.7 Å². The average Bonchev–Trinajstić information content (AvgIpc) is 3.13. The van der Waals surface area contributed by atoms with Gasteiger partial charge in [0.05, 0.1) is 31.9 Å². The van der Waals surface area contributed by atoms with E-state index < -0.39 is 17.7 Å². The van der Waals surface area contributed by atoms with E-state index in [1.54, 1.807) is 44.6 Å². The Labute approximate surface area is 216 Å². The zero-order valence-corrected chi connectivity index (χ0v) is 21.6. The molecule has 192 valence electrons. The fourth-order valence-corrected chi connectivity index (χ4v) is 4.54. The number of rotatable bonds is 8. The number of nitrogens with zero attached hydrogens (tertiary/aromatic N) is 1. The SMILES string of the molecule is COc1cccc(CN2C(=O)C(=O)/C(=C(\O)c3ccc(OC)c(C)c3)C2c2ccc(OC(C)C)cc2)c1. The standard InChI is InChI=1S/C30H31NO6/c1-18(2)37-23-12-9-21(10-13-23)27-26(28(32)22-11-14-25(36-5)19(3)15-22)29(33)30(34)31(27)17-20-7-6-8-24(16-20)35-4/h6-16,18,27,32H,17H2,1-5H3/b28-26-. The molecule has 1 saturated heterocycles. The van der Waals surface area contributed by atoms with Crippen LogP contribution in [0.2, 0.25) is 0 Å². The average molecular weight is 502 g/mol. The molecule has 1 unspecified atom stereocenters. The van der Waals surface area contributed by atoms with Gasteiger partial charge in [-0.3, -0.25) is 9.59 Å². The van der Waals surface area contributed by atoms with Crippen LogP contribution < -0.4 is 14.2 Å². The van der Waals surface area contributed by atoms with Crippen LogP contribution in [0, 0.1) is 6.92 Å². The molecule has 1 atom stereocenters. The highest BCUT2D eigenvalue weighted by Gasteiger charge is 2.46. The van der Waals surface area contributed by atoms with Crippen LogP contribution >= 0.6 is 0 Å². The van der Waals surface area contributed by atoms with E-state index in [1.165, 1.54) is 4.90 Å². The number of methoxy groups -OCH3 is 2. The lowest BCUT2D eigenvalue weighted by Crippen LogP contribution is -2.29. The molecular weight excluding hydrogens is 470 g/mol. The highest BCUT2D eigenvalue weighted by molar-refractivity contribution is 6.46. The van der Waals surface area contributed by atoms with Crippen molar-refractivity contribution in [3.8, 4) is 17.2 Å². The summed E-state index contributed by atoms with van der Waals surface area (Å²) < 4.78 is 16.4. The van der Waals surface area contributed by atoms with E-state index in [0.717, 1.165) is 11.1 Å². The van der Waals surface area contributed by atoms with Gasteiger partial charge in [-0.1, -0.05) is 24.3 Å². The highest BCUT2D eigenvalue weighted by Crippen LogP contribution is 2.41. The smallest absolute Gasteiger partial charge is 0.295 e. The Morgan fingerprint density at radius 2 is 1.68 bits per heavy atom.